The van der Waals surface area contributed by atoms with Gasteiger partial charge in [0.25, 0.3) is 5.91 Å². The van der Waals surface area contributed by atoms with E-state index in [0.717, 1.165) is 35.4 Å². The van der Waals surface area contributed by atoms with Crippen molar-refractivity contribution in [3.05, 3.63) is 60.4 Å². The molecule has 2 aromatic carbocycles. The maximum Gasteiger partial charge on any atom is 0.252 e. The number of halogens is 1. The number of hydrogen-bond donors (Lipinski definition) is 2. The van der Waals surface area contributed by atoms with Gasteiger partial charge >= 0.3 is 0 Å². The number of methoxy groups -OCH3 is 1. The molecule has 2 heterocycles. The zero-order valence-corrected chi connectivity index (χ0v) is 16.7. The van der Waals surface area contributed by atoms with Crippen LogP contribution >= 0.6 is 12.4 Å². The summed E-state index contributed by atoms with van der Waals surface area (Å²) in [6, 6.07) is 16.2. The summed E-state index contributed by atoms with van der Waals surface area (Å²) in [7, 11) is 1.62. The van der Waals surface area contributed by atoms with Crippen LogP contribution < -0.4 is 10.6 Å². The van der Waals surface area contributed by atoms with Crippen LogP contribution in [0.2, 0.25) is 0 Å². The number of amides is 1. The molecule has 1 amide bonds. The summed E-state index contributed by atoms with van der Waals surface area (Å²) in [5.74, 6) is -0.0313. The van der Waals surface area contributed by atoms with Gasteiger partial charge in [-0.25, -0.2) is 4.98 Å². The number of benzene rings is 2. The second-order valence-electron chi connectivity index (χ2n) is 6.90. The number of ether oxygens (including phenoxy) is 1. The number of para-hydroxylation sites is 2. The van der Waals surface area contributed by atoms with Gasteiger partial charge in [0.05, 0.1) is 11.0 Å². The van der Waals surface area contributed by atoms with Crippen LogP contribution in [-0.2, 0) is 16.1 Å². The number of fused-ring (bicyclic) bond motifs is 1. The van der Waals surface area contributed by atoms with Crippen LogP contribution in [0.5, 0.6) is 0 Å². The molecular formula is C21H25ClN4O2. The number of nitrogens with one attached hydrogen (secondary N) is 2. The first-order valence-electron chi connectivity index (χ1n) is 9.27. The van der Waals surface area contributed by atoms with Crippen LogP contribution in [0.15, 0.2) is 54.9 Å². The molecule has 4 rings (SSSR count). The van der Waals surface area contributed by atoms with Crippen molar-refractivity contribution in [3.8, 4) is 5.69 Å². The smallest absolute Gasteiger partial charge is 0.252 e. The van der Waals surface area contributed by atoms with Crippen molar-refractivity contribution >= 4 is 29.3 Å². The molecule has 7 heteroatoms. The molecule has 0 aliphatic carbocycles. The van der Waals surface area contributed by atoms with Crippen LogP contribution in [0.3, 0.4) is 0 Å². The predicted molar refractivity (Wildman–Crippen MR) is 112 cm³/mol. The summed E-state index contributed by atoms with van der Waals surface area (Å²) in [6.07, 6.45) is 3.23. The summed E-state index contributed by atoms with van der Waals surface area (Å²) in [4.78, 5) is 17.1. The average molecular weight is 401 g/mol. The highest BCUT2D eigenvalue weighted by Crippen LogP contribution is 2.23. The first kappa shape index (κ1) is 20.3. The summed E-state index contributed by atoms with van der Waals surface area (Å²) >= 11 is 0. The van der Waals surface area contributed by atoms with E-state index < -0.39 is 5.60 Å². The van der Waals surface area contributed by atoms with Gasteiger partial charge < -0.3 is 15.4 Å². The molecule has 0 spiro atoms. The highest BCUT2D eigenvalue weighted by molar-refractivity contribution is 5.85. The molecule has 28 heavy (non-hydrogen) atoms. The van der Waals surface area contributed by atoms with Gasteiger partial charge in [0.2, 0.25) is 0 Å². The highest BCUT2D eigenvalue weighted by Gasteiger charge is 2.39. The Kier molecular flexibility index (Phi) is 6.34. The molecule has 1 aromatic heterocycles. The monoisotopic (exact) mass is 400 g/mol. The molecule has 1 aliphatic rings. The third-order valence-corrected chi connectivity index (χ3v) is 5.34. The van der Waals surface area contributed by atoms with Gasteiger partial charge in [-0.1, -0.05) is 24.3 Å². The number of rotatable bonds is 5. The van der Waals surface area contributed by atoms with Crippen molar-refractivity contribution in [2.24, 2.45) is 0 Å². The van der Waals surface area contributed by atoms with Crippen LogP contribution in [0.4, 0.5) is 0 Å². The fourth-order valence-corrected chi connectivity index (χ4v) is 3.64. The lowest BCUT2D eigenvalue weighted by atomic mass is 9.91. The van der Waals surface area contributed by atoms with E-state index in [1.54, 1.807) is 7.11 Å². The van der Waals surface area contributed by atoms with Gasteiger partial charge in [0.15, 0.2) is 0 Å². The first-order chi connectivity index (χ1) is 13.2. The molecule has 6 nitrogen and oxygen atoms in total. The minimum atomic E-state index is -0.707. The lowest BCUT2D eigenvalue weighted by molar-refractivity contribution is -0.146. The number of aromatic nitrogens is 2. The Morgan fingerprint density at radius 2 is 1.89 bits per heavy atom. The van der Waals surface area contributed by atoms with Crippen LogP contribution in [0.1, 0.15) is 18.4 Å². The molecule has 0 unspecified atom stereocenters. The Balaban J connectivity index is 0.00000225. The molecule has 0 atom stereocenters. The summed E-state index contributed by atoms with van der Waals surface area (Å²) < 4.78 is 7.64. The molecule has 0 radical (unpaired) electrons. The highest BCUT2D eigenvalue weighted by atomic mass is 35.5. The number of carbonyl (C=O) groups excluding carboxylic acids is 1. The van der Waals surface area contributed by atoms with E-state index in [9.17, 15) is 4.79 Å². The van der Waals surface area contributed by atoms with Crippen molar-refractivity contribution in [2.75, 3.05) is 20.2 Å². The van der Waals surface area contributed by atoms with E-state index in [1.165, 1.54) is 0 Å². The summed E-state index contributed by atoms with van der Waals surface area (Å²) in [5.41, 5.74) is 3.44. The van der Waals surface area contributed by atoms with Gasteiger partial charge in [-0.05, 0) is 55.8 Å². The Labute approximate surface area is 170 Å². The zero-order chi connectivity index (χ0) is 18.7. The van der Waals surface area contributed by atoms with Gasteiger partial charge in [-0.15, -0.1) is 12.4 Å². The molecular weight excluding hydrogens is 376 g/mol. The quantitative estimate of drug-likeness (QED) is 0.691. The Morgan fingerprint density at radius 1 is 1.18 bits per heavy atom. The Morgan fingerprint density at radius 3 is 2.61 bits per heavy atom. The number of imidazole rings is 1. The van der Waals surface area contributed by atoms with Crippen LogP contribution in [-0.4, -0.2) is 41.3 Å². The van der Waals surface area contributed by atoms with Gasteiger partial charge in [0, 0.05) is 19.3 Å². The van der Waals surface area contributed by atoms with Crippen molar-refractivity contribution in [2.45, 2.75) is 25.0 Å². The van der Waals surface area contributed by atoms with Crippen LogP contribution in [0.25, 0.3) is 16.7 Å². The minimum absolute atomic E-state index is 0. The van der Waals surface area contributed by atoms with Crippen molar-refractivity contribution in [3.63, 3.8) is 0 Å². The second kappa shape index (κ2) is 8.73. The predicted octanol–water partition coefficient (Wildman–Crippen LogP) is 2.83. The van der Waals surface area contributed by atoms with E-state index in [2.05, 4.69) is 26.3 Å². The normalized spacial score (nSPS) is 15.8. The molecule has 0 bridgehead atoms. The zero-order valence-electron chi connectivity index (χ0n) is 15.9. The lowest BCUT2D eigenvalue weighted by Crippen LogP contribution is -2.53. The number of hydrogen-bond acceptors (Lipinski definition) is 4. The molecule has 1 fully saturated rings. The molecule has 2 N–H and O–H groups in total. The number of nitrogens with zero attached hydrogens (tertiary/aromatic N) is 2. The molecule has 3 aromatic rings. The maximum atomic E-state index is 12.6. The van der Waals surface area contributed by atoms with E-state index in [1.807, 2.05) is 48.8 Å². The molecule has 1 saturated heterocycles. The minimum Gasteiger partial charge on any atom is -0.368 e. The van der Waals surface area contributed by atoms with E-state index >= 15 is 0 Å². The Hall–Kier alpha value is -2.41. The fourth-order valence-electron chi connectivity index (χ4n) is 3.64. The standard InChI is InChI=1S/C21H24N4O2.ClH/c1-27-21(10-12-22-13-11-21)20(26)23-14-16-6-8-17(9-7-16)25-15-24-18-4-2-3-5-19(18)25;/h2-9,15,22H,10-14H2,1H3,(H,23,26);1H. The topological polar surface area (TPSA) is 68.2 Å². The lowest BCUT2D eigenvalue weighted by Gasteiger charge is -2.34. The van der Waals surface area contributed by atoms with Crippen LogP contribution in [0, 0.1) is 0 Å². The SMILES string of the molecule is COC1(C(=O)NCc2ccc(-n3cnc4ccccc43)cc2)CCNCC1.Cl. The molecule has 0 saturated carbocycles. The summed E-state index contributed by atoms with van der Waals surface area (Å²) in [5, 5.41) is 6.30. The van der Waals surface area contributed by atoms with Gasteiger partial charge in [-0.2, -0.15) is 0 Å². The largest absolute Gasteiger partial charge is 0.368 e. The third-order valence-electron chi connectivity index (χ3n) is 5.34. The molecule has 1 aliphatic heterocycles. The van der Waals surface area contributed by atoms with E-state index in [4.69, 9.17) is 4.74 Å². The van der Waals surface area contributed by atoms with E-state index in [0.29, 0.717) is 19.4 Å². The number of carbonyl (C=O) groups is 1. The van der Waals surface area contributed by atoms with Crippen molar-refractivity contribution in [1.29, 1.82) is 0 Å². The van der Waals surface area contributed by atoms with Crippen molar-refractivity contribution < 1.29 is 9.53 Å². The molecule has 148 valence electrons. The maximum absolute atomic E-state index is 12.6. The average Bonchev–Trinajstić information content (AvgIpc) is 3.17. The number of piperidine rings is 1. The third kappa shape index (κ3) is 3.90. The van der Waals surface area contributed by atoms with Gasteiger partial charge in [-0.3, -0.25) is 9.36 Å². The van der Waals surface area contributed by atoms with Gasteiger partial charge in [0.1, 0.15) is 11.9 Å². The second-order valence-corrected chi connectivity index (χ2v) is 6.90. The first-order valence-corrected chi connectivity index (χ1v) is 9.27. The summed E-state index contributed by atoms with van der Waals surface area (Å²) in [6.45, 7) is 2.09. The Bertz CT molecular complexity index is 933. The van der Waals surface area contributed by atoms with Crippen molar-refractivity contribution in [1.82, 2.24) is 20.2 Å². The van der Waals surface area contributed by atoms with E-state index in [-0.39, 0.29) is 18.3 Å². The fraction of sp³-hybridized carbons (Fsp3) is 0.333.